The van der Waals surface area contributed by atoms with E-state index in [1.54, 1.807) is 0 Å². The van der Waals surface area contributed by atoms with Crippen LogP contribution in [0.25, 0.3) is 11.1 Å². The first-order valence-corrected chi connectivity index (χ1v) is 9.33. The number of benzene rings is 3. The Kier molecular flexibility index (Phi) is 5.75. The van der Waals surface area contributed by atoms with Crippen LogP contribution in [0.2, 0.25) is 0 Å². The van der Waals surface area contributed by atoms with Crippen molar-refractivity contribution in [3.8, 4) is 28.4 Å². The molecule has 0 aromatic heterocycles. The number of nitrogens with one attached hydrogen (secondary N) is 1. The summed E-state index contributed by atoms with van der Waals surface area (Å²) < 4.78 is 16.4. The molecular formula is C23H23NO4. The monoisotopic (exact) mass is 377 g/mol. The van der Waals surface area contributed by atoms with E-state index in [-0.39, 0.29) is 13.4 Å². The molecule has 0 saturated heterocycles. The number of fused-ring (bicyclic) bond motifs is 1. The van der Waals surface area contributed by atoms with E-state index in [9.17, 15) is 5.11 Å². The van der Waals surface area contributed by atoms with Gasteiger partial charge in [-0.3, -0.25) is 0 Å². The molecule has 5 heteroatoms. The van der Waals surface area contributed by atoms with Crippen LogP contribution in [-0.2, 0) is 6.54 Å². The lowest BCUT2D eigenvalue weighted by Gasteiger charge is -2.14. The average molecular weight is 377 g/mol. The Morgan fingerprint density at radius 1 is 0.893 bits per heavy atom. The van der Waals surface area contributed by atoms with Gasteiger partial charge in [-0.15, -0.1) is 0 Å². The van der Waals surface area contributed by atoms with Gasteiger partial charge >= 0.3 is 0 Å². The van der Waals surface area contributed by atoms with E-state index in [2.05, 4.69) is 17.4 Å². The number of aliphatic hydroxyl groups excluding tert-OH is 1. The average Bonchev–Trinajstić information content (AvgIpc) is 3.21. The lowest BCUT2D eigenvalue weighted by Crippen LogP contribution is -2.31. The molecule has 4 rings (SSSR count). The SMILES string of the molecule is O[C@H](CNCc1ccc2c(c1)OCO2)COc1ccc(-c2ccccc2)cc1. The molecule has 144 valence electrons. The van der Waals surface area contributed by atoms with E-state index in [0.717, 1.165) is 28.4 Å². The molecule has 0 unspecified atom stereocenters. The van der Waals surface area contributed by atoms with Gasteiger partial charge < -0.3 is 24.6 Å². The second kappa shape index (κ2) is 8.78. The van der Waals surface area contributed by atoms with Gasteiger partial charge in [-0.2, -0.15) is 0 Å². The van der Waals surface area contributed by atoms with Crippen LogP contribution in [0.4, 0.5) is 0 Å². The molecule has 0 aliphatic carbocycles. The molecule has 0 spiro atoms. The number of rotatable bonds is 8. The third-order valence-electron chi connectivity index (χ3n) is 4.55. The van der Waals surface area contributed by atoms with Gasteiger partial charge in [-0.1, -0.05) is 48.5 Å². The molecule has 0 radical (unpaired) electrons. The second-order valence-corrected chi connectivity index (χ2v) is 6.67. The zero-order chi connectivity index (χ0) is 19.2. The minimum absolute atomic E-state index is 0.235. The Balaban J connectivity index is 1.21. The summed E-state index contributed by atoms with van der Waals surface area (Å²) in [5, 5.41) is 13.4. The summed E-state index contributed by atoms with van der Waals surface area (Å²) in [4.78, 5) is 0. The van der Waals surface area contributed by atoms with E-state index >= 15 is 0 Å². The summed E-state index contributed by atoms with van der Waals surface area (Å²) in [7, 11) is 0. The fourth-order valence-electron chi connectivity index (χ4n) is 3.06. The van der Waals surface area contributed by atoms with Crippen molar-refractivity contribution in [1.29, 1.82) is 0 Å². The van der Waals surface area contributed by atoms with Crippen LogP contribution >= 0.6 is 0 Å². The van der Waals surface area contributed by atoms with Crippen molar-refractivity contribution in [3.05, 3.63) is 78.4 Å². The molecule has 1 atom stereocenters. The predicted molar refractivity (Wildman–Crippen MR) is 108 cm³/mol. The van der Waals surface area contributed by atoms with Gasteiger partial charge in [0.2, 0.25) is 6.79 Å². The van der Waals surface area contributed by atoms with E-state index in [0.29, 0.717) is 13.1 Å². The van der Waals surface area contributed by atoms with Gasteiger partial charge in [0.05, 0.1) is 0 Å². The smallest absolute Gasteiger partial charge is 0.231 e. The molecule has 0 fully saturated rings. The minimum atomic E-state index is -0.595. The molecule has 28 heavy (non-hydrogen) atoms. The van der Waals surface area contributed by atoms with Crippen LogP contribution < -0.4 is 19.5 Å². The first-order valence-electron chi connectivity index (χ1n) is 9.33. The summed E-state index contributed by atoms with van der Waals surface area (Å²) in [6, 6.07) is 23.9. The third-order valence-corrected chi connectivity index (χ3v) is 4.55. The number of aliphatic hydroxyl groups is 1. The Morgan fingerprint density at radius 3 is 2.46 bits per heavy atom. The van der Waals surface area contributed by atoms with Crippen molar-refractivity contribution in [2.24, 2.45) is 0 Å². The summed E-state index contributed by atoms with van der Waals surface area (Å²) in [6.45, 7) is 1.59. The van der Waals surface area contributed by atoms with Gasteiger partial charge in [0.1, 0.15) is 18.5 Å². The number of ether oxygens (including phenoxy) is 3. The molecular weight excluding hydrogens is 354 g/mol. The molecule has 2 N–H and O–H groups in total. The summed E-state index contributed by atoms with van der Waals surface area (Å²) in [6.07, 6.45) is -0.595. The van der Waals surface area contributed by atoms with Crippen LogP contribution in [-0.4, -0.2) is 31.2 Å². The topological polar surface area (TPSA) is 60.0 Å². The number of hydrogen-bond acceptors (Lipinski definition) is 5. The van der Waals surface area contributed by atoms with Gasteiger partial charge in [-0.25, -0.2) is 0 Å². The van der Waals surface area contributed by atoms with Crippen molar-refractivity contribution in [2.75, 3.05) is 19.9 Å². The highest BCUT2D eigenvalue weighted by atomic mass is 16.7. The van der Waals surface area contributed by atoms with Crippen LogP contribution in [0.3, 0.4) is 0 Å². The second-order valence-electron chi connectivity index (χ2n) is 6.67. The highest BCUT2D eigenvalue weighted by molar-refractivity contribution is 5.63. The lowest BCUT2D eigenvalue weighted by molar-refractivity contribution is 0.106. The van der Waals surface area contributed by atoms with Crippen molar-refractivity contribution in [3.63, 3.8) is 0 Å². The molecule has 3 aromatic rings. The lowest BCUT2D eigenvalue weighted by atomic mass is 10.1. The van der Waals surface area contributed by atoms with Gasteiger partial charge in [0.15, 0.2) is 11.5 Å². The Labute approximate surface area is 164 Å². The third kappa shape index (κ3) is 4.63. The summed E-state index contributed by atoms with van der Waals surface area (Å²) >= 11 is 0. The van der Waals surface area contributed by atoms with E-state index in [4.69, 9.17) is 14.2 Å². The largest absolute Gasteiger partial charge is 0.491 e. The maximum Gasteiger partial charge on any atom is 0.231 e. The summed E-state index contributed by atoms with van der Waals surface area (Å²) in [5.74, 6) is 2.28. The van der Waals surface area contributed by atoms with Crippen LogP contribution in [0.1, 0.15) is 5.56 Å². The first-order chi connectivity index (χ1) is 13.8. The van der Waals surface area contributed by atoms with Gasteiger partial charge in [-0.05, 0) is 41.0 Å². The maximum atomic E-state index is 10.1. The van der Waals surface area contributed by atoms with Crippen molar-refractivity contribution in [2.45, 2.75) is 12.6 Å². The Morgan fingerprint density at radius 2 is 1.64 bits per heavy atom. The quantitative estimate of drug-likeness (QED) is 0.628. The van der Waals surface area contributed by atoms with Crippen molar-refractivity contribution >= 4 is 0 Å². The van der Waals surface area contributed by atoms with Crippen molar-refractivity contribution in [1.82, 2.24) is 5.32 Å². The zero-order valence-corrected chi connectivity index (χ0v) is 15.5. The molecule has 0 amide bonds. The van der Waals surface area contributed by atoms with Crippen LogP contribution in [0.15, 0.2) is 72.8 Å². The minimum Gasteiger partial charge on any atom is -0.491 e. The molecule has 0 saturated carbocycles. The normalized spacial score (nSPS) is 13.3. The Bertz CT molecular complexity index is 896. The van der Waals surface area contributed by atoms with Crippen LogP contribution in [0, 0.1) is 0 Å². The van der Waals surface area contributed by atoms with E-state index < -0.39 is 6.10 Å². The molecule has 1 aliphatic rings. The zero-order valence-electron chi connectivity index (χ0n) is 15.5. The molecule has 1 heterocycles. The summed E-state index contributed by atoms with van der Waals surface area (Å²) in [5.41, 5.74) is 3.38. The van der Waals surface area contributed by atoms with Crippen LogP contribution in [0.5, 0.6) is 17.2 Å². The standard InChI is InChI=1S/C23H23NO4/c25-20(14-24-13-17-6-11-22-23(12-17)28-16-27-22)15-26-21-9-7-19(8-10-21)18-4-2-1-3-5-18/h1-12,20,24-25H,13-16H2/t20-/m1/s1. The first kappa shape index (κ1) is 18.3. The molecule has 0 bridgehead atoms. The molecule has 3 aromatic carbocycles. The molecule has 1 aliphatic heterocycles. The highest BCUT2D eigenvalue weighted by Gasteiger charge is 2.13. The fraction of sp³-hybridized carbons (Fsp3) is 0.217. The fourth-order valence-corrected chi connectivity index (χ4v) is 3.06. The number of hydrogen-bond donors (Lipinski definition) is 2. The highest BCUT2D eigenvalue weighted by Crippen LogP contribution is 2.32. The van der Waals surface area contributed by atoms with E-state index in [1.807, 2.05) is 60.7 Å². The maximum absolute atomic E-state index is 10.1. The van der Waals surface area contributed by atoms with E-state index in [1.165, 1.54) is 5.56 Å². The molecule has 5 nitrogen and oxygen atoms in total. The van der Waals surface area contributed by atoms with Crippen molar-refractivity contribution < 1.29 is 19.3 Å². The van der Waals surface area contributed by atoms with Gasteiger partial charge in [0, 0.05) is 13.1 Å². The predicted octanol–water partition coefficient (Wildman–Crippen LogP) is 3.61. The Hall–Kier alpha value is -3.02. The van der Waals surface area contributed by atoms with Gasteiger partial charge in [0.25, 0.3) is 0 Å².